The van der Waals surface area contributed by atoms with Crippen LogP contribution in [0.2, 0.25) is 0 Å². The van der Waals surface area contributed by atoms with Crippen LogP contribution in [0.25, 0.3) is 11.0 Å². The highest BCUT2D eigenvalue weighted by atomic mass is 19.4. The summed E-state index contributed by atoms with van der Waals surface area (Å²) in [4.78, 5) is 16.0. The minimum Gasteiger partial charge on any atom is -0.370 e. The van der Waals surface area contributed by atoms with E-state index in [1.807, 2.05) is 32.0 Å². The molecule has 32 heavy (non-hydrogen) atoms. The molecule has 1 fully saturated rings. The van der Waals surface area contributed by atoms with Crippen molar-refractivity contribution >= 4 is 28.6 Å². The number of nitrogens with zero attached hydrogens (tertiary/aromatic N) is 6. The molecule has 1 aliphatic rings. The second-order valence-corrected chi connectivity index (χ2v) is 7.57. The largest absolute Gasteiger partial charge is 0.411 e. The molecule has 1 saturated heterocycles. The third-order valence-electron chi connectivity index (χ3n) is 4.99. The van der Waals surface area contributed by atoms with Crippen LogP contribution in [0.5, 0.6) is 0 Å². The second kappa shape index (κ2) is 9.25. The Morgan fingerprint density at radius 2 is 1.91 bits per heavy atom. The number of fused-ring (bicyclic) bond motifs is 1. The highest BCUT2D eigenvalue weighted by Gasteiger charge is 2.27. The lowest BCUT2D eigenvalue weighted by molar-refractivity contribution is -0.174. The zero-order valence-electron chi connectivity index (χ0n) is 17.9. The molecule has 0 unspecified atom stereocenters. The van der Waals surface area contributed by atoms with Crippen molar-refractivity contribution in [3.8, 4) is 0 Å². The van der Waals surface area contributed by atoms with Crippen molar-refractivity contribution in [2.75, 3.05) is 49.6 Å². The molecule has 0 spiro atoms. The topological polar surface area (TPSA) is 93.0 Å². The van der Waals surface area contributed by atoms with Crippen molar-refractivity contribution in [2.45, 2.75) is 26.6 Å². The number of pyridine rings is 1. The molecule has 172 valence electrons. The number of rotatable bonds is 7. The standard InChI is InChI=1S/C20H25F3N8O/c1-13-4-3-5-15(25-13)26-18-17-16(27-19(28-18)30-8-6-24-7-9-30)14(2)29-31(17)10-11-32-12-20(21,22)23/h3-5,24H,6-12H2,1-2H3,(H,25,26,27,28). The molecular weight excluding hydrogens is 425 g/mol. The van der Waals surface area contributed by atoms with Crippen molar-refractivity contribution in [1.82, 2.24) is 30.0 Å². The van der Waals surface area contributed by atoms with Crippen molar-refractivity contribution < 1.29 is 17.9 Å². The van der Waals surface area contributed by atoms with Crippen molar-refractivity contribution in [3.63, 3.8) is 0 Å². The predicted octanol–water partition coefficient (Wildman–Crippen LogP) is 2.57. The van der Waals surface area contributed by atoms with Gasteiger partial charge >= 0.3 is 6.18 Å². The van der Waals surface area contributed by atoms with Crippen LogP contribution < -0.4 is 15.5 Å². The molecule has 4 rings (SSSR count). The van der Waals surface area contributed by atoms with Gasteiger partial charge in [-0.2, -0.15) is 23.3 Å². The van der Waals surface area contributed by atoms with Gasteiger partial charge in [-0.1, -0.05) is 6.07 Å². The Bertz CT molecular complexity index is 1080. The third-order valence-corrected chi connectivity index (χ3v) is 4.99. The SMILES string of the molecule is Cc1cccc(Nc2nc(N3CCNCC3)nc3c(C)nn(CCOCC(F)(F)F)c23)n1. The lowest BCUT2D eigenvalue weighted by atomic mass is 10.3. The van der Waals surface area contributed by atoms with Gasteiger partial charge in [0, 0.05) is 31.9 Å². The highest BCUT2D eigenvalue weighted by molar-refractivity contribution is 5.90. The summed E-state index contributed by atoms with van der Waals surface area (Å²) in [6, 6.07) is 5.60. The van der Waals surface area contributed by atoms with Crippen LogP contribution in [0.1, 0.15) is 11.4 Å². The zero-order chi connectivity index (χ0) is 22.7. The second-order valence-electron chi connectivity index (χ2n) is 7.57. The van der Waals surface area contributed by atoms with Gasteiger partial charge < -0.3 is 20.3 Å². The van der Waals surface area contributed by atoms with Crippen LogP contribution in [-0.4, -0.2) is 70.3 Å². The number of aryl methyl sites for hydroxylation is 2. The van der Waals surface area contributed by atoms with Gasteiger partial charge in [0.15, 0.2) is 5.82 Å². The summed E-state index contributed by atoms with van der Waals surface area (Å²) in [5.41, 5.74) is 2.74. The molecule has 0 amide bonds. The molecule has 0 aliphatic carbocycles. The summed E-state index contributed by atoms with van der Waals surface area (Å²) in [6.07, 6.45) is -4.37. The van der Waals surface area contributed by atoms with E-state index in [2.05, 4.69) is 25.6 Å². The summed E-state index contributed by atoms with van der Waals surface area (Å²) >= 11 is 0. The smallest absolute Gasteiger partial charge is 0.370 e. The maximum absolute atomic E-state index is 12.4. The number of nitrogens with one attached hydrogen (secondary N) is 2. The zero-order valence-corrected chi connectivity index (χ0v) is 17.9. The first-order valence-electron chi connectivity index (χ1n) is 10.4. The van der Waals surface area contributed by atoms with Crippen molar-refractivity contribution in [2.24, 2.45) is 0 Å². The number of anilines is 3. The summed E-state index contributed by atoms with van der Waals surface area (Å²) in [5.74, 6) is 1.68. The van der Waals surface area contributed by atoms with Gasteiger partial charge in [-0.3, -0.25) is 4.68 Å². The number of hydrogen-bond donors (Lipinski definition) is 2. The monoisotopic (exact) mass is 450 g/mol. The third kappa shape index (κ3) is 5.25. The lowest BCUT2D eigenvalue weighted by Crippen LogP contribution is -2.44. The van der Waals surface area contributed by atoms with Crippen LogP contribution in [0.4, 0.5) is 30.8 Å². The van der Waals surface area contributed by atoms with E-state index < -0.39 is 12.8 Å². The predicted molar refractivity (Wildman–Crippen MR) is 114 cm³/mol. The molecule has 0 bridgehead atoms. The van der Waals surface area contributed by atoms with Gasteiger partial charge in [-0.25, -0.2) is 9.97 Å². The fraction of sp³-hybridized carbons (Fsp3) is 0.500. The average Bonchev–Trinajstić information content (AvgIpc) is 3.07. The minimum atomic E-state index is -4.37. The van der Waals surface area contributed by atoms with E-state index in [0.717, 1.165) is 31.9 Å². The number of hydrogen-bond acceptors (Lipinski definition) is 8. The first kappa shape index (κ1) is 22.2. The molecular formula is C20H25F3N8O. The van der Waals surface area contributed by atoms with E-state index in [4.69, 9.17) is 14.7 Å². The fourth-order valence-corrected chi connectivity index (χ4v) is 3.55. The summed E-state index contributed by atoms with van der Waals surface area (Å²) in [6.45, 7) is 5.60. The Labute approximate surface area is 183 Å². The van der Waals surface area contributed by atoms with Crippen LogP contribution >= 0.6 is 0 Å². The number of alkyl halides is 3. The Kier molecular flexibility index (Phi) is 6.42. The first-order chi connectivity index (χ1) is 15.3. The van der Waals surface area contributed by atoms with Crippen molar-refractivity contribution in [3.05, 3.63) is 29.6 Å². The Morgan fingerprint density at radius 1 is 1.12 bits per heavy atom. The van der Waals surface area contributed by atoms with Gasteiger partial charge in [0.1, 0.15) is 23.5 Å². The fourth-order valence-electron chi connectivity index (χ4n) is 3.55. The Hall–Kier alpha value is -2.99. The van der Waals surface area contributed by atoms with Crippen LogP contribution in [0.3, 0.4) is 0 Å². The average molecular weight is 450 g/mol. The molecule has 12 heteroatoms. The van der Waals surface area contributed by atoms with E-state index in [0.29, 0.717) is 34.3 Å². The van der Waals surface area contributed by atoms with Crippen molar-refractivity contribution in [1.29, 1.82) is 0 Å². The van der Waals surface area contributed by atoms with Gasteiger partial charge in [-0.15, -0.1) is 0 Å². The number of ether oxygens (including phenoxy) is 1. The molecule has 3 aromatic rings. The number of halogens is 3. The molecule has 0 radical (unpaired) electrons. The number of aromatic nitrogens is 5. The molecule has 0 atom stereocenters. The highest BCUT2D eigenvalue weighted by Crippen LogP contribution is 2.28. The molecule has 9 nitrogen and oxygen atoms in total. The molecule has 4 heterocycles. The molecule has 2 N–H and O–H groups in total. The molecule has 3 aromatic heterocycles. The van der Waals surface area contributed by atoms with E-state index in [-0.39, 0.29) is 13.2 Å². The minimum absolute atomic E-state index is 0.132. The maximum Gasteiger partial charge on any atom is 0.411 e. The van der Waals surface area contributed by atoms with Gasteiger partial charge in [-0.05, 0) is 26.0 Å². The van der Waals surface area contributed by atoms with E-state index in [1.54, 1.807) is 4.68 Å². The number of piperazine rings is 1. The van der Waals surface area contributed by atoms with Crippen LogP contribution in [-0.2, 0) is 11.3 Å². The Morgan fingerprint density at radius 3 is 2.62 bits per heavy atom. The Balaban J connectivity index is 1.69. The van der Waals surface area contributed by atoms with Crippen LogP contribution in [0, 0.1) is 13.8 Å². The van der Waals surface area contributed by atoms with E-state index in [9.17, 15) is 13.2 Å². The van der Waals surface area contributed by atoms with E-state index in [1.165, 1.54) is 0 Å². The summed E-state index contributed by atoms with van der Waals surface area (Å²) in [5, 5.41) is 11.0. The van der Waals surface area contributed by atoms with Gasteiger partial charge in [0.2, 0.25) is 5.95 Å². The van der Waals surface area contributed by atoms with Gasteiger partial charge in [0.05, 0.1) is 18.8 Å². The normalized spacial score (nSPS) is 14.8. The molecule has 0 aromatic carbocycles. The molecule has 1 aliphatic heterocycles. The summed E-state index contributed by atoms with van der Waals surface area (Å²) in [7, 11) is 0. The van der Waals surface area contributed by atoms with Gasteiger partial charge in [0.25, 0.3) is 0 Å². The summed E-state index contributed by atoms with van der Waals surface area (Å²) < 4.78 is 43.6. The lowest BCUT2D eigenvalue weighted by Gasteiger charge is -2.27. The maximum atomic E-state index is 12.4. The first-order valence-corrected chi connectivity index (χ1v) is 10.4. The molecule has 0 saturated carbocycles. The van der Waals surface area contributed by atoms with Crippen LogP contribution in [0.15, 0.2) is 18.2 Å². The van der Waals surface area contributed by atoms with E-state index >= 15 is 0 Å². The quantitative estimate of drug-likeness (QED) is 0.531.